The zero-order valence-electron chi connectivity index (χ0n) is 10.1. The summed E-state index contributed by atoms with van der Waals surface area (Å²) in [6, 6.07) is 4.46. The van der Waals surface area contributed by atoms with Crippen molar-refractivity contribution < 1.29 is 9.90 Å². The number of amides is 1. The number of nitrogens with one attached hydrogen (secondary N) is 2. The summed E-state index contributed by atoms with van der Waals surface area (Å²) < 4.78 is 0. The number of nitrogens with zero attached hydrogens (tertiary/aromatic N) is 2. The van der Waals surface area contributed by atoms with Crippen LogP contribution in [0.15, 0.2) is 24.5 Å². The van der Waals surface area contributed by atoms with Gasteiger partial charge in [0.05, 0.1) is 6.04 Å². The SMILES string of the molecule is Cc1cc(C(=O)NC(C)c2ncn[nH]2)ccc1O. The number of phenols is 1. The van der Waals surface area contributed by atoms with Crippen molar-refractivity contribution in [3.63, 3.8) is 0 Å². The second kappa shape index (κ2) is 4.87. The summed E-state index contributed by atoms with van der Waals surface area (Å²) >= 11 is 0. The fraction of sp³-hybridized carbons (Fsp3) is 0.250. The van der Waals surface area contributed by atoms with Crippen LogP contribution < -0.4 is 5.32 Å². The molecule has 0 radical (unpaired) electrons. The maximum Gasteiger partial charge on any atom is 0.251 e. The number of phenolic OH excluding ortho intramolecular Hbond substituents is 1. The first-order valence-electron chi connectivity index (χ1n) is 5.53. The van der Waals surface area contributed by atoms with Gasteiger partial charge in [0, 0.05) is 5.56 Å². The maximum absolute atomic E-state index is 12.0. The summed E-state index contributed by atoms with van der Waals surface area (Å²) in [7, 11) is 0. The van der Waals surface area contributed by atoms with Gasteiger partial charge in [-0.3, -0.25) is 9.89 Å². The lowest BCUT2D eigenvalue weighted by Gasteiger charge is -2.11. The number of hydrogen-bond acceptors (Lipinski definition) is 4. The lowest BCUT2D eigenvalue weighted by molar-refractivity contribution is 0.0938. The number of carbonyl (C=O) groups excluding carboxylic acids is 1. The Morgan fingerprint density at radius 3 is 2.89 bits per heavy atom. The number of aryl methyl sites for hydroxylation is 1. The lowest BCUT2D eigenvalue weighted by atomic mass is 10.1. The van der Waals surface area contributed by atoms with Crippen molar-refractivity contribution in [1.82, 2.24) is 20.5 Å². The fourth-order valence-electron chi connectivity index (χ4n) is 1.57. The lowest BCUT2D eigenvalue weighted by Crippen LogP contribution is -2.27. The molecule has 0 aliphatic rings. The third-order valence-electron chi connectivity index (χ3n) is 2.65. The van der Waals surface area contributed by atoms with Crippen molar-refractivity contribution in [2.45, 2.75) is 19.9 Å². The first-order chi connectivity index (χ1) is 8.58. The smallest absolute Gasteiger partial charge is 0.251 e. The van der Waals surface area contributed by atoms with Crippen LogP contribution >= 0.6 is 0 Å². The van der Waals surface area contributed by atoms with Gasteiger partial charge >= 0.3 is 0 Å². The van der Waals surface area contributed by atoms with E-state index < -0.39 is 0 Å². The average Bonchev–Trinajstić information content (AvgIpc) is 2.86. The standard InChI is InChI=1S/C12H14N4O2/c1-7-5-9(3-4-10(7)17)12(18)15-8(2)11-13-6-14-16-11/h3-6,8,17H,1-2H3,(H,15,18)(H,13,14,16). The van der Waals surface area contributed by atoms with Gasteiger partial charge in [0.25, 0.3) is 5.91 Å². The van der Waals surface area contributed by atoms with Crippen molar-refractivity contribution in [2.75, 3.05) is 0 Å². The minimum atomic E-state index is -0.255. The van der Waals surface area contributed by atoms with Gasteiger partial charge in [0.2, 0.25) is 0 Å². The summed E-state index contributed by atoms with van der Waals surface area (Å²) in [4.78, 5) is 15.9. The molecule has 0 aliphatic carbocycles. The summed E-state index contributed by atoms with van der Waals surface area (Å²) in [6.45, 7) is 3.55. The highest BCUT2D eigenvalue weighted by molar-refractivity contribution is 5.94. The van der Waals surface area contributed by atoms with Gasteiger partial charge in [0.1, 0.15) is 17.9 Å². The molecule has 2 rings (SSSR count). The Kier molecular flexibility index (Phi) is 3.27. The Hall–Kier alpha value is -2.37. The van der Waals surface area contributed by atoms with Crippen molar-refractivity contribution in [3.05, 3.63) is 41.5 Å². The first-order valence-corrected chi connectivity index (χ1v) is 5.53. The van der Waals surface area contributed by atoms with E-state index in [0.717, 1.165) is 0 Å². The predicted octanol–water partition coefficient (Wildman–Crippen LogP) is 1.31. The van der Waals surface area contributed by atoms with Gasteiger partial charge in [-0.25, -0.2) is 4.98 Å². The van der Waals surface area contributed by atoms with E-state index in [2.05, 4.69) is 20.5 Å². The van der Waals surface area contributed by atoms with E-state index in [1.165, 1.54) is 12.4 Å². The summed E-state index contributed by atoms with van der Waals surface area (Å²) in [5.74, 6) is 0.552. The molecule has 6 nitrogen and oxygen atoms in total. The summed E-state index contributed by atoms with van der Waals surface area (Å²) in [5, 5.41) is 18.6. The largest absolute Gasteiger partial charge is 0.508 e. The van der Waals surface area contributed by atoms with Crippen LogP contribution in [-0.4, -0.2) is 26.2 Å². The van der Waals surface area contributed by atoms with Crippen LogP contribution in [0, 0.1) is 6.92 Å². The molecule has 94 valence electrons. The van der Waals surface area contributed by atoms with Gasteiger partial charge < -0.3 is 10.4 Å². The number of carbonyl (C=O) groups is 1. The minimum absolute atomic E-state index is 0.176. The molecule has 1 heterocycles. The van der Waals surface area contributed by atoms with Crippen molar-refractivity contribution in [3.8, 4) is 5.75 Å². The highest BCUT2D eigenvalue weighted by Gasteiger charge is 2.13. The van der Waals surface area contributed by atoms with Gasteiger partial charge in [-0.15, -0.1) is 0 Å². The van der Waals surface area contributed by atoms with Crippen molar-refractivity contribution in [2.24, 2.45) is 0 Å². The molecule has 1 amide bonds. The molecular weight excluding hydrogens is 232 g/mol. The number of aromatic nitrogens is 3. The van der Waals surface area contributed by atoms with Crippen LogP contribution in [0.3, 0.4) is 0 Å². The fourth-order valence-corrected chi connectivity index (χ4v) is 1.57. The van der Waals surface area contributed by atoms with Gasteiger partial charge in [-0.2, -0.15) is 5.10 Å². The molecule has 1 aromatic carbocycles. The van der Waals surface area contributed by atoms with E-state index in [1.54, 1.807) is 19.1 Å². The van der Waals surface area contributed by atoms with E-state index in [0.29, 0.717) is 17.0 Å². The Labute approximate surface area is 104 Å². The van der Waals surface area contributed by atoms with Crippen LogP contribution in [0.5, 0.6) is 5.75 Å². The molecule has 1 aromatic heterocycles. The maximum atomic E-state index is 12.0. The molecule has 3 N–H and O–H groups in total. The first kappa shape index (κ1) is 12.1. The Bertz CT molecular complexity index is 551. The van der Waals surface area contributed by atoms with Crippen LogP contribution in [0.1, 0.15) is 34.7 Å². The van der Waals surface area contributed by atoms with Crippen LogP contribution in [0.25, 0.3) is 0 Å². The molecular formula is C12H14N4O2. The number of aromatic hydroxyl groups is 1. The Balaban J connectivity index is 2.10. The second-order valence-electron chi connectivity index (χ2n) is 4.07. The number of rotatable bonds is 3. The zero-order chi connectivity index (χ0) is 13.1. The van der Waals surface area contributed by atoms with Crippen LogP contribution in [0.4, 0.5) is 0 Å². The second-order valence-corrected chi connectivity index (χ2v) is 4.07. The monoisotopic (exact) mass is 246 g/mol. The number of benzene rings is 1. The van der Waals surface area contributed by atoms with E-state index in [1.807, 2.05) is 6.92 Å². The van der Waals surface area contributed by atoms with Gasteiger partial charge in [0.15, 0.2) is 0 Å². The molecule has 0 fully saturated rings. The van der Waals surface area contributed by atoms with Crippen LogP contribution in [-0.2, 0) is 0 Å². The van der Waals surface area contributed by atoms with E-state index >= 15 is 0 Å². The minimum Gasteiger partial charge on any atom is -0.508 e. The molecule has 0 spiro atoms. The molecule has 0 saturated carbocycles. The highest BCUT2D eigenvalue weighted by Crippen LogP contribution is 2.17. The van der Waals surface area contributed by atoms with Gasteiger partial charge in [-0.05, 0) is 37.6 Å². The average molecular weight is 246 g/mol. The molecule has 0 saturated heterocycles. The molecule has 6 heteroatoms. The van der Waals surface area contributed by atoms with E-state index in [-0.39, 0.29) is 17.7 Å². The molecule has 1 unspecified atom stereocenters. The number of hydrogen-bond donors (Lipinski definition) is 3. The third-order valence-corrected chi connectivity index (χ3v) is 2.65. The predicted molar refractivity (Wildman–Crippen MR) is 65.1 cm³/mol. The molecule has 0 bridgehead atoms. The molecule has 0 aliphatic heterocycles. The number of aromatic amines is 1. The molecule has 2 aromatic rings. The molecule has 1 atom stereocenters. The normalized spacial score (nSPS) is 12.1. The highest BCUT2D eigenvalue weighted by atomic mass is 16.3. The summed E-state index contributed by atoms with van der Waals surface area (Å²) in [5.41, 5.74) is 1.16. The van der Waals surface area contributed by atoms with E-state index in [9.17, 15) is 9.90 Å². The quantitative estimate of drug-likeness (QED) is 0.761. The Morgan fingerprint density at radius 1 is 1.50 bits per heavy atom. The van der Waals surface area contributed by atoms with Crippen molar-refractivity contribution in [1.29, 1.82) is 0 Å². The number of H-pyrrole nitrogens is 1. The van der Waals surface area contributed by atoms with E-state index in [4.69, 9.17) is 0 Å². The topological polar surface area (TPSA) is 90.9 Å². The Morgan fingerprint density at radius 2 is 2.28 bits per heavy atom. The van der Waals surface area contributed by atoms with Crippen LogP contribution in [0.2, 0.25) is 0 Å². The third kappa shape index (κ3) is 2.48. The van der Waals surface area contributed by atoms with Gasteiger partial charge in [-0.1, -0.05) is 0 Å². The zero-order valence-corrected chi connectivity index (χ0v) is 10.1. The van der Waals surface area contributed by atoms with Crippen molar-refractivity contribution >= 4 is 5.91 Å². The molecule has 18 heavy (non-hydrogen) atoms. The summed E-state index contributed by atoms with van der Waals surface area (Å²) in [6.07, 6.45) is 1.39.